The van der Waals surface area contributed by atoms with Gasteiger partial charge in [0, 0.05) is 12.3 Å². The number of carbonyl (C=O) groups excluding carboxylic acids is 1. The monoisotopic (exact) mass is 221 g/mol. The Kier molecular flexibility index (Phi) is 3.63. The molecule has 2 atom stereocenters. The highest BCUT2D eigenvalue weighted by Crippen LogP contribution is 2.17. The van der Waals surface area contributed by atoms with Gasteiger partial charge >= 0.3 is 0 Å². The number of carbonyl (C=O) groups is 1. The fraction of sp³-hybridized carbons (Fsp3) is 0.875. The first-order valence-electron chi connectivity index (χ1n) is 4.53. The van der Waals surface area contributed by atoms with Gasteiger partial charge in [0.05, 0.1) is 18.5 Å². The minimum atomic E-state index is -3.53. The van der Waals surface area contributed by atoms with Gasteiger partial charge in [0.1, 0.15) is 5.78 Å². The first-order chi connectivity index (χ1) is 6.41. The molecule has 0 aromatic heterocycles. The van der Waals surface area contributed by atoms with E-state index >= 15 is 0 Å². The molecule has 0 amide bonds. The van der Waals surface area contributed by atoms with Gasteiger partial charge in [-0.1, -0.05) is 0 Å². The Balaban J connectivity index is 2.55. The molecule has 1 rings (SSSR count). The number of ether oxygens (including phenoxy) is 1. The molecule has 0 aliphatic carbocycles. The third kappa shape index (κ3) is 3.04. The van der Waals surface area contributed by atoms with Crippen LogP contribution in [-0.4, -0.2) is 32.7 Å². The van der Waals surface area contributed by atoms with Gasteiger partial charge in [0.25, 0.3) is 0 Å². The average Bonchev–Trinajstić information content (AvgIpc) is 2.07. The Morgan fingerprint density at radius 3 is 2.79 bits per heavy atom. The second kappa shape index (κ2) is 4.37. The number of ketones is 1. The molecule has 0 aromatic rings. The second-order valence-electron chi connectivity index (χ2n) is 3.62. The van der Waals surface area contributed by atoms with Crippen LogP contribution in [0.1, 0.15) is 19.8 Å². The van der Waals surface area contributed by atoms with Crippen LogP contribution in [0, 0.1) is 5.92 Å². The molecular formula is C8H15NO4S. The molecule has 0 saturated carbocycles. The number of rotatable bonds is 3. The van der Waals surface area contributed by atoms with E-state index in [0.717, 1.165) is 0 Å². The first-order valence-corrected chi connectivity index (χ1v) is 6.14. The summed E-state index contributed by atoms with van der Waals surface area (Å²) in [5.41, 5.74) is 0. The predicted molar refractivity (Wildman–Crippen MR) is 51.1 cm³/mol. The molecule has 0 radical (unpaired) electrons. The van der Waals surface area contributed by atoms with Crippen LogP contribution in [0.3, 0.4) is 0 Å². The highest BCUT2D eigenvalue weighted by atomic mass is 32.2. The Bertz CT molecular complexity index is 311. The van der Waals surface area contributed by atoms with Crippen LogP contribution in [0.25, 0.3) is 0 Å². The summed E-state index contributed by atoms with van der Waals surface area (Å²) in [6, 6.07) is 0. The molecule has 2 N–H and O–H groups in total. The summed E-state index contributed by atoms with van der Waals surface area (Å²) in [7, 11) is -3.53. The zero-order chi connectivity index (χ0) is 10.8. The van der Waals surface area contributed by atoms with Gasteiger partial charge in [0.2, 0.25) is 10.0 Å². The van der Waals surface area contributed by atoms with Crippen LogP contribution in [0.5, 0.6) is 0 Å². The molecule has 1 saturated heterocycles. The molecule has 5 nitrogen and oxygen atoms in total. The summed E-state index contributed by atoms with van der Waals surface area (Å²) in [6.07, 6.45) is 0.639. The van der Waals surface area contributed by atoms with Crippen molar-refractivity contribution in [3.05, 3.63) is 0 Å². The summed E-state index contributed by atoms with van der Waals surface area (Å²) < 4.78 is 27.0. The number of sulfonamides is 1. The smallest absolute Gasteiger partial charge is 0.211 e. The van der Waals surface area contributed by atoms with Crippen molar-refractivity contribution in [1.82, 2.24) is 0 Å². The normalized spacial score (nSPS) is 26.1. The fourth-order valence-electron chi connectivity index (χ4n) is 1.43. The highest BCUT2D eigenvalue weighted by Gasteiger charge is 2.28. The first kappa shape index (κ1) is 11.6. The van der Waals surface area contributed by atoms with Crippen molar-refractivity contribution in [3.63, 3.8) is 0 Å². The van der Waals surface area contributed by atoms with Gasteiger partial charge < -0.3 is 4.74 Å². The van der Waals surface area contributed by atoms with Crippen molar-refractivity contribution in [2.75, 3.05) is 13.2 Å². The van der Waals surface area contributed by atoms with Crippen LogP contribution in [0.2, 0.25) is 0 Å². The maximum absolute atomic E-state index is 11.3. The van der Waals surface area contributed by atoms with Gasteiger partial charge in [-0.05, 0) is 13.3 Å². The Morgan fingerprint density at radius 1 is 1.64 bits per heavy atom. The van der Waals surface area contributed by atoms with E-state index in [4.69, 9.17) is 9.88 Å². The lowest BCUT2D eigenvalue weighted by Crippen LogP contribution is -2.34. The summed E-state index contributed by atoms with van der Waals surface area (Å²) in [6.45, 7) is 2.27. The largest absolute Gasteiger partial charge is 0.380 e. The van der Waals surface area contributed by atoms with Crippen LogP contribution in [-0.2, 0) is 19.6 Å². The molecule has 82 valence electrons. The Hall–Kier alpha value is -0.460. The predicted octanol–water partition coefficient (Wildman–Crippen LogP) is -0.341. The SMILES string of the molecule is CC(CC1COCCC1=O)S(N)(=O)=O. The molecule has 0 bridgehead atoms. The van der Waals surface area contributed by atoms with Crippen molar-refractivity contribution in [2.24, 2.45) is 11.1 Å². The maximum atomic E-state index is 11.3. The van der Waals surface area contributed by atoms with Crippen molar-refractivity contribution in [1.29, 1.82) is 0 Å². The van der Waals surface area contributed by atoms with Gasteiger partial charge in [-0.2, -0.15) is 0 Å². The van der Waals surface area contributed by atoms with E-state index in [1.165, 1.54) is 6.92 Å². The van der Waals surface area contributed by atoms with Crippen molar-refractivity contribution in [3.8, 4) is 0 Å². The third-order valence-corrected chi connectivity index (χ3v) is 3.76. The highest BCUT2D eigenvalue weighted by molar-refractivity contribution is 7.89. The van der Waals surface area contributed by atoms with Crippen LogP contribution in [0.4, 0.5) is 0 Å². The summed E-state index contributed by atoms with van der Waals surface area (Å²) in [4.78, 5) is 11.3. The zero-order valence-electron chi connectivity index (χ0n) is 8.10. The zero-order valence-corrected chi connectivity index (χ0v) is 8.92. The lowest BCUT2D eigenvalue weighted by molar-refractivity contribution is -0.130. The molecule has 1 aliphatic rings. The molecule has 2 unspecified atom stereocenters. The number of hydrogen-bond donors (Lipinski definition) is 1. The van der Waals surface area contributed by atoms with Gasteiger partial charge in [-0.3, -0.25) is 4.79 Å². The topological polar surface area (TPSA) is 86.5 Å². The number of nitrogens with two attached hydrogens (primary N) is 1. The molecule has 1 aliphatic heterocycles. The third-order valence-electron chi connectivity index (χ3n) is 2.44. The van der Waals surface area contributed by atoms with Crippen molar-refractivity contribution in [2.45, 2.75) is 25.0 Å². The van der Waals surface area contributed by atoms with Gasteiger partial charge in [0.15, 0.2) is 0 Å². The minimum Gasteiger partial charge on any atom is -0.380 e. The van der Waals surface area contributed by atoms with Crippen molar-refractivity contribution < 1.29 is 17.9 Å². The summed E-state index contributed by atoms with van der Waals surface area (Å²) >= 11 is 0. The number of primary sulfonamides is 1. The van der Waals surface area contributed by atoms with Crippen molar-refractivity contribution >= 4 is 15.8 Å². The van der Waals surface area contributed by atoms with E-state index < -0.39 is 15.3 Å². The molecule has 0 spiro atoms. The van der Waals surface area contributed by atoms with E-state index in [2.05, 4.69) is 0 Å². The molecular weight excluding hydrogens is 206 g/mol. The molecule has 1 fully saturated rings. The van der Waals surface area contributed by atoms with Crippen LogP contribution < -0.4 is 5.14 Å². The maximum Gasteiger partial charge on any atom is 0.211 e. The molecule has 14 heavy (non-hydrogen) atoms. The quantitative estimate of drug-likeness (QED) is 0.706. The lowest BCUT2D eigenvalue weighted by Gasteiger charge is -2.22. The summed E-state index contributed by atoms with van der Waals surface area (Å²) in [5, 5.41) is 4.28. The van der Waals surface area contributed by atoms with Crippen LogP contribution in [0.15, 0.2) is 0 Å². The lowest BCUT2D eigenvalue weighted by atomic mass is 9.96. The molecule has 1 heterocycles. The van der Waals surface area contributed by atoms with Gasteiger partial charge in [-0.25, -0.2) is 13.6 Å². The van der Waals surface area contributed by atoms with E-state index in [-0.39, 0.29) is 18.1 Å². The molecule has 6 heteroatoms. The Morgan fingerprint density at radius 2 is 2.29 bits per heavy atom. The van der Waals surface area contributed by atoms with E-state index in [1.54, 1.807) is 0 Å². The standard InChI is InChI=1S/C8H15NO4S/c1-6(14(9,11)12)4-7-5-13-3-2-8(7)10/h6-7H,2-5H2,1H3,(H2,9,11,12). The Labute approximate surface area is 83.7 Å². The second-order valence-corrected chi connectivity index (χ2v) is 5.61. The average molecular weight is 221 g/mol. The minimum absolute atomic E-state index is 0.0757. The van der Waals surface area contributed by atoms with E-state index in [0.29, 0.717) is 19.6 Å². The molecule has 0 aromatic carbocycles. The van der Waals surface area contributed by atoms with Gasteiger partial charge in [-0.15, -0.1) is 0 Å². The van der Waals surface area contributed by atoms with E-state index in [9.17, 15) is 13.2 Å². The fourth-order valence-corrected chi connectivity index (χ4v) is 1.93. The van der Waals surface area contributed by atoms with Crippen LogP contribution >= 0.6 is 0 Å². The number of Topliss-reactive ketones (excluding diaryl/α,β-unsaturated/α-hetero) is 1. The van der Waals surface area contributed by atoms with E-state index in [1.807, 2.05) is 0 Å². The number of hydrogen-bond acceptors (Lipinski definition) is 4. The summed E-state index contributed by atoms with van der Waals surface area (Å²) in [5.74, 6) is -0.233.